The summed E-state index contributed by atoms with van der Waals surface area (Å²) in [6.45, 7) is 2.58. The first-order valence-electron chi connectivity index (χ1n) is 9.85. The van der Waals surface area contributed by atoms with Crippen molar-refractivity contribution in [3.05, 3.63) is 50.9 Å². The number of hydrogen-bond acceptors (Lipinski definition) is 6. The number of fused-ring (bicyclic) bond motifs is 1. The van der Waals surface area contributed by atoms with Crippen LogP contribution in [-0.2, 0) is 11.2 Å². The topological polar surface area (TPSA) is 79.0 Å². The molecule has 0 bridgehead atoms. The third kappa shape index (κ3) is 4.23. The minimum Gasteiger partial charge on any atom is -0.333 e. The van der Waals surface area contributed by atoms with Gasteiger partial charge in [-0.15, -0.1) is 11.3 Å². The number of aromatic nitrogens is 3. The molecule has 0 aliphatic carbocycles. The van der Waals surface area contributed by atoms with Crippen LogP contribution >= 0.6 is 23.1 Å². The smallest absolute Gasteiger partial charge is 0.254 e. The van der Waals surface area contributed by atoms with Gasteiger partial charge in [0.2, 0.25) is 5.91 Å². The Labute approximate surface area is 177 Å². The molecule has 3 aromatic rings. The molecule has 0 saturated carbocycles. The summed E-state index contributed by atoms with van der Waals surface area (Å²) in [5.41, 5.74) is 2.15. The van der Waals surface area contributed by atoms with Crippen molar-refractivity contribution in [2.75, 3.05) is 12.8 Å². The fourth-order valence-electron chi connectivity index (χ4n) is 3.87. The summed E-state index contributed by atoms with van der Waals surface area (Å²) in [5.74, 6) is 0.0849. The van der Waals surface area contributed by atoms with Gasteiger partial charge in [0.1, 0.15) is 5.01 Å². The van der Waals surface area contributed by atoms with Gasteiger partial charge in [0, 0.05) is 24.2 Å². The lowest BCUT2D eigenvalue weighted by molar-refractivity contribution is -0.135. The number of piperidine rings is 1. The number of carbonyl (C=O) groups excluding carboxylic acids is 1. The fraction of sp³-hybridized carbons (Fsp3) is 0.429. The monoisotopic (exact) mass is 428 g/mol. The van der Waals surface area contributed by atoms with E-state index in [1.54, 1.807) is 11.3 Å². The highest BCUT2D eigenvalue weighted by Crippen LogP contribution is 2.36. The Kier molecular flexibility index (Phi) is 6.01. The van der Waals surface area contributed by atoms with E-state index in [9.17, 15) is 9.59 Å². The quantitative estimate of drug-likeness (QED) is 0.489. The highest BCUT2D eigenvalue weighted by molar-refractivity contribution is 7.98. The summed E-state index contributed by atoms with van der Waals surface area (Å²) < 4.78 is 1.16. The molecule has 6 nitrogen and oxygen atoms in total. The molecule has 29 heavy (non-hydrogen) atoms. The maximum absolute atomic E-state index is 13.1. The van der Waals surface area contributed by atoms with Crippen molar-refractivity contribution < 1.29 is 4.79 Å². The second kappa shape index (κ2) is 8.67. The molecule has 1 aliphatic heterocycles. The predicted octanol–water partition coefficient (Wildman–Crippen LogP) is 4.10. The highest BCUT2D eigenvalue weighted by atomic mass is 32.2. The van der Waals surface area contributed by atoms with Crippen molar-refractivity contribution in [3.8, 4) is 0 Å². The number of thioether (sulfide) groups is 1. The third-order valence-corrected chi connectivity index (χ3v) is 7.12. The zero-order valence-electron chi connectivity index (χ0n) is 16.6. The number of nitrogens with zero attached hydrogens (tertiary/aromatic N) is 3. The molecule has 0 radical (unpaired) electrons. The maximum Gasteiger partial charge on any atom is 0.254 e. The molecule has 2 aromatic heterocycles. The van der Waals surface area contributed by atoms with Gasteiger partial charge in [0.05, 0.1) is 16.3 Å². The second-order valence-corrected chi connectivity index (χ2v) is 9.11. The first-order valence-corrected chi connectivity index (χ1v) is 11.9. The summed E-state index contributed by atoms with van der Waals surface area (Å²) in [5, 5.41) is 1.62. The van der Waals surface area contributed by atoms with E-state index < -0.39 is 0 Å². The Bertz CT molecular complexity index is 1060. The number of benzene rings is 1. The number of rotatable bonds is 5. The molecule has 1 atom stereocenters. The SMILES string of the molecule is CSc1nc(C)c(CCC(=O)N2CCCCC2c2nc3ccccc3s2)c(=O)[nH]1. The van der Waals surface area contributed by atoms with Crippen molar-refractivity contribution in [2.45, 2.75) is 50.2 Å². The number of likely N-dealkylation sites (tertiary alicyclic amines) is 1. The average Bonchev–Trinajstić information content (AvgIpc) is 3.17. The van der Waals surface area contributed by atoms with Crippen molar-refractivity contribution in [1.82, 2.24) is 19.9 Å². The van der Waals surface area contributed by atoms with Crippen LogP contribution in [0.4, 0.5) is 0 Å². The molecule has 1 saturated heterocycles. The van der Waals surface area contributed by atoms with E-state index in [0.717, 1.165) is 41.0 Å². The van der Waals surface area contributed by atoms with Gasteiger partial charge < -0.3 is 9.88 Å². The third-order valence-electron chi connectivity index (χ3n) is 5.40. The van der Waals surface area contributed by atoms with Crippen LogP contribution in [0.15, 0.2) is 34.2 Å². The van der Waals surface area contributed by atoms with Crippen LogP contribution in [0, 0.1) is 6.92 Å². The van der Waals surface area contributed by atoms with E-state index in [2.05, 4.69) is 16.0 Å². The summed E-state index contributed by atoms with van der Waals surface area (Å²) >= 11 is 3.08. The number of H-pyrrole nitrogens is 1. The number of aromatic amines is 1. The molecule has 1 fully saturated rings. The van der Waals surface area contributed by atoms with Gasteiger partial charge >= 0.3 is 0 Å². The molecule has 0 spiro atoms. The molecule has 4 rings (SSSR count). The van der Waals surface area contributed by atoms with Crippen LogP contribution in [0.25, 0.3) is 10.2 Å². The summed E-state index contributed by atoms with van der Waals surface area (Å²) in [6, 6.07) is 8.14. The van der Waals surface area contributed by atoms with E-state index >= 15 is 0 Å². The van der Waals surface area contributed by atoms with Crippen LogP contribution in [0.3, 0.4) is 0 Å². The normalized spacial score (nSPS) is 17.0. The van der Waals surface area contributed by atoms with E-state index in [1.165, 1.54) is 11.8 Å². The number of nitrogens with one attached hydrogen (secondary N) is 1. The summed E-state index contributed by atoms with van der Waals surface area (Å²) in [4.78, 5) is 39.4. The molecule has 8 heteroatoms. The van der Waals surface area contributed by atoms with Crippen LogP contribution in [-0.4, -0.2) is 38.6 Å². The van der Waals surface area contributed by atoms with Gasteiger partial charge in [-0.1, -0.05) is 23.9 Å². The highest BCUT2D eigenvalue weighted by Gasteiger charge is 2.30. The van der Waals surface area contributed by atoms with E-state index in [4.69, 9.17) is 4.98 Å². The fourth-order valence-corrected chi connectivity index (χ4v) is 5.41. The molecule has 152 valence electrons. The largest absolute Gasteiger partial charge is 0.333 e. The molecular weight excluding hydrogens is 404 g/mol. The van der Waals surface area contributed by atoms with Gasteiger partial charge in [-0.3, -0.25) is 9.59 Å². The minimum atomic E-state index is -0.143. The Morgan fingerprint density at radius 1 is 1.31 bits per heavy atom. The molecule has 1 N–H and O–H groups in total. The lowest BCUT2D eigenvalue weighted by atomic mass is 10.0. The van der Waals surface area contributed by atoms with E-state index in [1.807, 2.05) is 36.3 Å². The zero-order chi connectivity index (χ0) is 20.4. The molecule has 1 aromatic carbocycles. The number of thiazole rings is 1. The predicted molar refractivity (Wildman–Crippen MR) is 118 cm³/mol. The minimum absolute atomic E-state index is 0.0324. The zero-order valence-corrected chi connectivity index (χ0v) is 18.2. The van der Waals surface area contributed by atoms with Crippen molar-refractivity contribution >= 4 is 39.2 Å². The Hall–Kier alpha value is -2.19. The van der Waals surface area contributed by atoms with Gasteiger partial charge in [-0.05, 0) is 51.0 Å². The lowest BCUT2D eigenvalue weighted by Gasteiger charge is -2.34. The van der Waals surface area contributed by atoms with E-state index in [0.29, 0.717) is 29.3 Å². The standard InChI is InChI=1S/C21H24N4O2S2/c1-13-14(19(27)24-21(22-13)28-2)10-11-18(26)25-12-6-5-8-16(25)20-23-15-7-3-4-9-17(15)29-20/h3-4,7,9,16H,5-6,8,10-12H2,1-2H3,(H,22,24,27). The van der Waals surface area contributed by atoms with Gasteiger partial charge in [-0.25, -0.2) is 9.97 Å². The number of carbonyl (C=O) groups is 1. The summed E-state index contributed by atoms with van der Waals surface area (Å²) in [6.07, 6.45) is 5.64. The molecule has 1 amide bonds. The van der Waals surface area contributed by atoms with Gasteiger partial charge in [0.15, 0.2) is 5.16 Å². The van der Waals surface area contributed by atoms with Crippen LogP contribution in [0.1, 0.15) is 48.0 Å². The van der Waals surface area contributed by atoms with Crippen molar-refractivity contribution in [3.63, 3.8) is 0 Å². The Morgan fingerprint density at radius 3 is 2.90 bits per heavy atom. The van der Waals surface area contributed by atoms with Crippen molar-refractivity contribution in [1.29, 1.82) is 0 Å². The van der Waals surface area contributed by atoms with Gasteiger partial charge in [-0.2, -0.15) is 0 Å². The average molecular weight is 429 g/mol. The maximum atomic E-state index is 13.1. The molecule has 1 aliphatic rings. The first kappa shape index (κ1) is 20.1. The van der Waals surface area contributed by atoms with Crippen LogP contribution < -0.4 is 5.56 Å². The number of aryl methyl sites for hydroxylation is 1. The summed E-state index contributed by atoms with van der Waals surface area (Å²) in [7, 11) is 0. The molecular formula is C21H24N4O2S2. The Morgan fingerprint density at radius 2 is 2.14 bits per heavy atom. The lowest BCUT2D eigenvalue weighted by Crippen LogP contribution is -2.38. The number of amides is 1. The van der Waals surface area contributed by atoms with Crippen LogP contribution in [0.5, 0.6) is 0 Å². The number of hydrogen-bond donors (Lipinski definition) is 1. The first-order chi connectivity index (χ1) is 14.1. The van der Waals surface area contributed by atoms with Gasteiger partial charge in [0.25, 0.3) is 5.56 Å². The Balaban J connectivity index is 1.51. The second-order valence-electron chi connectivity index (χ2n) is 7.26. The van der Waals surface area contributed by atoms with E-state index in [-0.39, 0.29) is 17.5 Å². The molecule has 1 unspecified atom stereocenters. The van der Waals surface area contributed by atoms with Crippen molar-refractivity contribution in [2.24, 2.45) is 0 Å². The van der Waals surface area contributed by atoms with Crippen LogP contribution in [0.2, 0.25) is 0 Å². The number of para-hydroxylation sites is 1. The molecule has 3 heterocycles.